The van der Waals surface area contributed by atoms with Crippen LogP contribution in [0.4, 0.5) is 11.4 Å². The molecule has 1 fully saturated rings. The molecule has 1 saturated heterocycles. The van der Waals surface area contributed by atoms with Crippen molar-refractivity contribution in [3.63, 3.8) is 0 Å². The molecule has 30 heavy (non-hydrogen) atoms. The Bertz CT molecular complexity index is 896. The van der Waals surface area contributed by atoms with Crippen molar-refractivity contribution in [1.29, 1.82) is 0 Å². The second-order valence-electron chi connectivity index (χ2n) is 7.40. The van der Waals surface area contributed by atoms with Crippen molar-refractivity contribution in [2.24, 2.45) is 0 Å². The zero-order chi connectivity index (χ0) is 21.7. The summed E-state index contributed by atoms with van der Waals surface area (Å²) >= 11 is 6.22. The Morgan fingerprint density at radius 2 is 1.83 bits per heavy atom. The minimum Gasteiger partial charge on any atom is -0.484 e. The number of nitrogens with zero attached hydrogens (tertiary/aromatic N) is 3. The van der Waals surface area contributed by atoms with Crippen molar-refractivity contribution in [3.05, 3.63) is 63.2 Å². The van der Waals surface area contributed by atoms with Crippen LogP contribution in [0.2, 0.25) is 5.02 Å². The van der Waals surface area contributed by atoms with Crippen LogP contribution < -0.4 is 9.64 Å². The molecule has 1 aliphatic rings. The molecule has 2 aromatic carbocycles. The number of carbonyl (C=O) groups excluding carboxylic acids is 1. The SMILES string of the molecule is CC[C@@H](C)c1ccc(OCC(=O)N2CCN(c3c(Cl)cccc3[N+](=O)[O-])CC2)cc1. The monoisotopic (exact) mass is 431 g/mol. The Labute approximate surface area is 181 Å². The molecule has 160 valence electrons. The fourth-order valence-corrected chi connectivity index (χ4v) is 3.80. The minimum absolute atomic E-state index is 0.0218. The number of para-hydroxylation sites is 1. The van der Waals surface area contributed by atoms with Gasteiger partial charge in [-0.25, -0.2) is 0 Å². The highest BCUT2D eigenvalue weighted by molar-refractivity contribution is 6.33. The summed E-state index contributed by atoms with van der Waals surface area (Å²) in [6.07, 6.45) is 1.07. The molecule has 0 aliphatic carbocycles. The quantitative estimate of drug-likeness (QED) is 0.477. The van der Waals surface area contributed by atoms with Crippen molar-refractivity contribution in [2.75, 3.05) is 37.7 Å². The lowest BCUT2D eigenvalue weighted by atomic mass is 9.99. The largest absolute Gasteiger partial charge is 0.484 e. The smallest absolute Gasteiger partial charge is 0.294 e. The van der Waals surface area contributed by atoms with Gasteiger partial charge in [0.05, 0.1) is 9.95 Å². The van der Waals surface area contributed by atoms with E-state index in [1.807, 2.05) is 29.2 Å². The van der Waals surface area contributed by atoms with E-state index in [0.29, 0.717) is 48.6 Å². The number of carbonyl (C=O) groups is 1. The summed E-state index contributed by atoms with van der Waals surface area (Å²) in [6.45, 7) is 6.15. The number of ether oxygens (including phenoxy) is 1. The van der Waals surface area contributed by atoms with Crippen LogP contribution in [0.3, 0.4) is 0 Å². The Hall–Kier alpha value is -2.80. The third-order valence-corrected chi connectivity index (χ3v) is 5.84. The molecule has 0 spiro atoms. The van der Waals surface area contributed by atoms with Gasteiger partial charge in [-0.15, -0.1) is 0 Å². The lowest BCUT2D eigenvalue weighted by molar-refractivity contribution is -0.384. The van der Waals surface area contributed by atoms with E-state index < -0.39 is 4.92 Å². The van der Waals surface area contributed by atoms with Crippen LogP contribution in [0.5, 0.6) is 5.75 Å². The number of hydrogen-bond donors (Lipinski definition) is 0. The molecule has 1 amide bonds. The molecule has 0 aromatic heterocycles. The standard InChI is InChI=1S/C22H26ClN3O4/c1-3-16(2)17-7-9-18(10-8-17)30-15-21(27)24-11-13-25(14-12-24)22-19(23)5-4-6-20(22)26(28)29/h4-10,16H,3,11-15H2,1-2H3/t16-/m1/s1. The highest BCUT2D eigenvalue weighted by Gasteiger charge is 2.27. The fraction of sp³-hybridized carbons (Fsp3) is 0.409. The number of nitro benzene ring substituents is 1. The minimum atomic E-state index is -0.431. The number of hydrogen-bond acceptors (Lipinski definition) is 5. The summed E-state index contributed by atoms with van der Waals surface area (Å²) in [6, 6.07) is 12.5. The first-order valence-electron chi connectivity index (χ1n) is 10.1. The number of nitro groups is 1. The third kappa shape index (κ3) is 5.02. The van der Waals surface area contributed by atoms with E-state index >= 15 is 0 Å². The average Bonchev–Trinajstić information content (AvgIpc) is 2.77. The molecule has 1 atom stereocenters. The summed E-state index contributed by atoms with van der Waals surface area (Å²) in [7, 11) is 0. The van der Waals surface area contributed by atoms with E-state index in [2.05, 4.69) is 13.8 Å². The fourth-order valence-electron chi connectivity index (χ4n) is 3.51. The van der Waals surface area contributed by atoms with Gasteiger partial charge in [0.25, 0.3) is 11.6 Å². The normalized spacial score (nSPS) is 15.0. The molecular formula is C22H26ClN3O4. The molecule has 0 radical (unpaired) electrons. The summed E-state index contributed by atoms with van der Waals surface area (Å²) in [4.78, 5) is 27.0. The highest BCUT2D eigenvalue weighted by Crippen LogP contribution is 2.35. The van der Waals surface area contributed by atoms with Crippen LogP contribution in [0.15, 0.2) is 42.5 Å². The van der Waals surface area contributed by atoms with Crippen LogP contribution in [0, 0.1) is 10.1 Å². The van der Waals surface area contributed by atoms with Gasteiger partial charge in [0.1, 0.15) is 11.4 Å². The van der Waals surface area contributed by atoms with Crippen LogP contribution in [0.1, 0.15) is 31.7 Å². The summed E-state index contributed by atoms with van der Waals surface area (Å²) in [5.41, 5.74) is 1.64. The zero-order valence-corrected chi connectivity index (χ0v) is 18.0. The molecule has 0 unspecified atom stereocenters. The maximum absolute atomic E-state index is 12.5. The Morgan fingerprint density at radius 3 is 2.43 bits per heavy atom. The van der Waals surface area contributed by atoms with Gasteiger partial charge in [0, 0.05) is 32.2 Å². The van der Waals surface area contributed by atoms with E-state index in [4.69, 9.17) is 16.3 Å². The molecule has 0 saturated carbocycles. The molecule has 0 N–H and O–H groups in total. The van der Waals surface area contributed by atoms with Gasteiger partial charge in [-0.2, -0.15) is 0 Å². The second kappa shape index (κ2) is 9.80. The van der Waals surface area contributed by atoms with Gasteiger partial charge in [-0.3, -0.25) is 14.9 Å². The lowest BCUT2D eigenvalue weighted by Gasteiger charge is -2.36. The number of halogens is 1. The Balaban J connectivity index is 1.54. The van der Waals surface area contributed by atoms with Crippen LogP contribution in [-0.2, 0) is 4.79 Å². The van der Waals surface area contributed by atoms with Gasteiger partial charge in [0.2, 0.25) is 0 Å². The first-order chi connectivity index (χ1) is 14.4. The number of amides is 1. The van der Waals surface area contributed by atoms with Crippen molar-refractivity contribution in [3.8, 4) is 5.75 Å². The molecule has 2 aromatic rings. The van der Waals surface area contributed by atoms with Gasteiger partial charge in [-0.1, -0.05) is 43.6 Å². The number of piperazine rings is 1. The highest BCUT2D eigenvalue weighted by atomic mass is 35.5. The second-order valence-corrected chi connectivity index (χ2v) is 7.81. The van der Waals surface area contributed by atoms with Crippen molar-refractivity contribution < 1.29 is 14.5 Å². The molecular weight excluding hydrogens is 406 g/mol. The molecule has 1 heterocycles. The third-order valence-electron chi connectivity index (χ3n) is 5.53. The zero-order valence-electron chi connectivity index (χ0n) is 17.2. The van der Waals surface area contributed by atoms with E-state index in [1.165, 1.54) is 11.6 Å². The van der Waals surface area contributed by atoms with Crippen LogP contribution in [0.25, 0.3) is 0 Å². The summed E-state index contributed by atoms with van der Waals surface area (Å²) in [5, 5.41) is 11.7. The molecule has 0 bridgehead atoms. The van der Waals surface area contributed by atoms with E-state index in [1.54, 1.807) is 17.0 Å². The van der Waals surface area contributed by atoms with E-state index in [9.17, 15) is 14.9 Å². The first-order valence-corrected chi connectivity index (χ1v) is 10.5. The van der Waals surface area contributed by atoms with Crippen LogP contribution in [-0.4, -0.2) is 48.5 Å². The van der Waals surface area contributed by atoms with Gasteiger partial charge >= 0.3 is 0 Å². The molecule has 8 heteroatoms. The van der Waals surface area contributed by atoms with Crippen molar-refractivity contribution in [1.82, 2.24) is 4.90 Å². The van der Waals surface area contributed by atoms with Crippen molar-refractivity contribution in [2.45, 2.75) is 26.2 Å². The van der Waals surface area contributed by atoms with Gasteiger partial charge in [0.15, 0.2) is 6.61 Å². The maximum Gasteiger partial charge on any atom is 0.294 e. The number of anilines is 1. The molecule has 3 rings (SSSR count). The average molecular weight is 432 g/mol. The van der Waals surface area contributed by atoms with Crippen LogP contribution >= 0.6 is 11.6 Å². The Kier molecular flexibility index (Phi) is 7.15. The lowest BCUT2D eigenvalue weighted by Crippen LogP contribution is -2.50. The predicted molar refractivity (Wildman–Crippen MR) is 118 cm³/mol. The first kappa shape index (κ1) is 21.9. The summed E-state index contributed by atoms with van der Waals surface area (Å²) < 4.78 is 5.66. The molecule has 7 nitrogen and oxygen atoms in total. The maximum atomic E-state index is 12.5. The predicted octanol–water partition coefficient (Wildman–Crippen LogP) is 4.49. The topological polar surface area (TPSA) is 75.9 Å². The van der Waals surface area contributed by atoms with Gasteiger partial charge < -0.3 is 14.5 Å². The van der Waals surface area contributed by atoms with Crippen molar-refractivity contribution >= 4 is 28.9 Å². The number of benzene rings is 2. The van der Waals surface area contributed by atoms with E-state index in [0.717, 1.165) is 6.42 Å². The number of rotatable bonds is 7. The van der Waals surface area contributed by atoms with E-state index in [-0.39, 0.29) is 18.2 Å². The van der Waals surface area contributed by atoms with Gasteiger partial charge in [-0.05, 0) is 36.1 Å². The summed E-state index contributed by atoms with van der Waals surface area (Å²) in [5.74, 6) is 1.06. The molecule has 1 aliphatic heterocycles. The Morgan fingerprint density at radius 1 is 1.17 bits per heavy atom.